The molecule has 9 heteroatoms. The fourth-order valence-corrected chi connectivity index (χ4v) is 4.66. The molecule has 1 amide bonds. The van der Waals surface area contributed by atoms with E-state index in [1.54, 1.807) is 11.9 Å². The molecule has 0 radical (unpaired) electrons. The second kappa shape index (κ2) is 12.5. The minimum Gasteiger partial charge on any atom is -0.494 e. The van der Waals surface area contributed by atoms with Crippen LogP contribution in [0.2, 0.25) is 0 Å². The molecular weight excluding hydrogens is 440 g/mol. The molecule has 2 heterocycles. The van der Waals surface area contributed by atoms with Crippen LogP contribution in [0.3, 0.4) is 0 Å². The van der Waals surface area contributed by atoms with Gasteiger partial charge in [-0.3, -0.25) is 19.3 Å². The maximum atomic E-state index is 13.0. The third kappa shape index (κ3) is 8.55. The van der Waals surface area contributed by atoms with Gasteiger partial charge in [-0.15, -0.1) is 0 Å². The van der Waals surface area contributed by atoms with E-state index in [1.807, 2.05) is 34.7 Å². The van der Waals surface area contributed by atoms with Crippen LogP contribution < -0.4 is 5.32 Å². The molecule has 0 aromatic rings. The first kappa shape index (κ1) is 28.1. The van der Waals surface area contributed by atoms with Gasteiger partial charge in [-0.05, 0) is 65.2 Å². The number of carbonyl (C=O) groups excluding carboxylic acids is 1. The number of hydrogen-bond acceptors (Lipinski definition) is 8. The Morgan fingerprint density at radius 1 is 1.30 bits per heavy atom. The van der Waals surface area contributed by atoms with Crippen molar-refractivity contribution in [1.29, 1.82) is 5.41 Å². The second-order valence-electron chi connectivity index (χ2n) is 10.4. The number of allylic oxidation sites excluding steroid dienone is 1. The van der Waals surface area contributed by atoms with Gasteiger partial charge in [-0.1, -0.05) is 25.8 Å². The van der Waals surface area contributed by atoms with E-state index >= 15 is 0 Å². The van der Waals surface area contributed by atoms with Gasteiger partial charge in [-0.2, -0.15) is 0 Å². The van der Waals surface area contributed by atoms with E-state index in [0.29, 0.717) is 19.1 Å². The van der Waals surface area contributed by atoms with Crippen LogP contribution in [0.25, 0.3) is 0 Å². The zero-order valence-electron chi connectivity index (χ0n) is 21.3. The van der Waals surface area contributed by atoms with E-state index in [9.17, 15) is 9.90 Å². The highest BCUT2D eigenvalue weighted by molar-refractivity contribution is 7.96. The lowest BCUT2D eigenvalue weighted by atomic mass is 9.88. The molecule has 0 aromatic carbocycles. The third-order valence-electron chi connectivity index (χ3n) is 6.80. The highest BCUT2D eigenvalue weighted by Gasteiger charge is 2.35. The summed E-state index contributed by atoms with van der Waals surface area (Å²) in [6.45, 7) is 11.4. The predicted octanol–water partition coefficient (Wildman–Crippen LogP) is 3.79. The fourth-order valence-electron chi connectivity index (χ4n) is 3.99. The van der Waals surface area contributed by atoms with Crippen LogP contribution in [0, 0.1) is 16.7 Å². The molecule has 33 heavy (non-hydrogen) atoms. The molecule has 8 nitrogen and oxygen atoms in total. The molecule has 0 saturated carbocycles. The Hall–Kier alpha value is -1.13. The predicted molar refractivity (Wildman–Crippen MR) is 134 cm³/mol. The Labute approximate surface area is 204 Å². The zero-order chi connectivity index (χ0) is 24.6. The smallest absolute Gasteiger partial charge is 0.246 e. The number of aliphatic hydroxyl groups is 1. The van der Waals surface area contributed by atoms with Gasteiger partial charge in [0.15, 0.2) is 12.2 Å². The zero-order valence-corrected chi connectivity index (χ0v) is 22.1. The summed E-state index contributed by atoms with van der Waals surface area (Å²) in [5.74, 6) is -0.108. The molecule has 2 atom stereocenters. The number of hydrogen-bond donors (Lipinski definition) is 3. The van der Waals surface area contributed by atoms with Crippen molar-refractivity contribution in [1.82, 2.24) is 14.5 Å². The van der Waals surface area contributed by atoms with E-state index in [1.165, 1.54) is 12.5 Å². The van der Waals surface area contributed by atoms with E-state index in [4.69, 9.17) is 14.9 Å². The maximum Gasteiger partial charge on any atom is 0.246 e. The lowest BCUT2D eigenvalue weighted by Crippen LogP contribution is -2.55. The molecular formula is C24H44N4O4S. The number of aliphatic hydroxyl groups excluding tert-OH is 1. The largest absolute Gasteiger partial charge is 0.494 e. The summed E-state index contributed by atoms with van der Waals surface area (Å²) in [5.41, 5.74) is -1.25. The Morgan fingerprint density at radius 3 is 2.67 bits per heavy atom. The summed E-state index contributed by atoms with van der Waals surface area (Å²) in [5, 5.41) is 21.4. The highest BCUT2D eigenvalue weighted by atomic mass is 32.2. The third-order valence-corrected chi connectivity index (χ3v) is 7.65. The van der Waals surface area contributed by atoms with E-state index in [2.05, 4.69) is 20.8 Å². The lowest BCUT2D eigenvalue weighted by Gasteiger charge is -2.39. The van der Waals surface area contributed by atoms with Gasteiger partial charge in [0, 0.05) is 43.4 Å². The van der Waals surface area contributed by atoms with Gasteiger partial charge < -0.3 is 20.0 Å². The van der Waals surface area contributed by atoms with Crippen LogP contribution in [0.1, 0.15) is 59.8 Å². The van der Waals surface area contributed by atoms with Gasteiger partial charge in [0.25, 0.3) is 0 Å². The molecule has 3 N–H and O–H groups in total. The Bertz CT molecular complexity index is 692. The van der Waals surface area contributed by atoms with Crippen molar-refractivity contribution in [3.8, 4) is 0 Å². The molecule has 0 bridgehead atoms. The maximum absolute atomic E-state index is 13.0. The molecule has 2 aliphatic heterocycles. The second-order valence-corrected chi connectivity index (χ2v) is 11.3. The monoisotopic (exact) mass is 484 g/mol. The van der Waals surface area contributed by atoms with Gasteiger partial charge in [0.05, 0.1) is 12.1 Å². The van der Waals surface area contributed by atoms with Crippen LogP contribution in [-0.2, 0) is 14.3 Å². The molecule has 0 spiro atoms. The molecule has 2 fully saturated rings. The molecule has 190 valence electrons. The SMILES string of the molecule is CSN1CCC[C@H](CN(C)C(C)(C)C(=O)N/C(O)=C/C(=N)C(C)(C)COC2CCCCO2)C1. The number of piperidine rings is 1. The van der Waals surface area contributed by atoms with Crippen molar-refractivity contribution in [3.63, 3.8) is 0 Å². The van der Waals surface area contributed by atoms with Crippen LogP contribution in [0.4, 0.5) is 0 Å². The van der Waals surface area contributed by atoms with Gasteiger partial charge in [-0.25, -0.2) is 0 Å². The van der Waals surface area contributed by atoms with Crippen molar-refractivity contribution in [2.75, 3.05) is 46.2 Å². The number of likely N-dealkylation sites (N-methyl/N-ethyl adjacent to an activating group) is 1. The lowest BCUT2D eigenvalue weighted by molar-refractivity contribution is -0.171. The van der Waals surface area contributed by atoms with E-state index in [0.717, 1.165) is 45.3 Å². The molecule has 0 aromatic heterocycles. The number of ether oxygens (including phenoxy) is 2. The summed E-state index contributed by atoms with van der Waals surface area (Å²) < 4.78 is 13.8. The normalized spacial score (nSPS) is 23.5. The number of rotatable bonds is 11. The highest BCUT2D eigenvalue weighted by Crippen LogP contribution is 2.25. The average molecular weight is 485 g/mol. The van der Waals surface area contributed by atoms with E-state index in [-0.39, 0.29) is 23.8 Å². The summed E-state index contributed by atoms with van der Waals surface area (Å²) >= 11 is 1.78. The van der Waals surface area contributed by atoms with Gasteiger partial charge in [0.2, 0.25) is 5.91 Å². The summed E-state index contributed by atoms with van der Waals surface area (Å²) in [4.78, 5) is 15.0. The summed E-state index contributed by atoms with van der Waals surface area (Å²) in [6, 6.07) is 0. The van der Waals surface area contributed by atoms with Crippen molar-refractivity contribution >= 4 is 23.6 Å². The van der Waals surface area contributed by atoms with Gasteiger partial charge in [0.1, 0.15) is 0 Å². The van der Waals surface area contributed by atoms with Crippen molar-refractivity contribution in [3.05, 3.63) is 12.0 Å². The van der Waals surface area contributed by atoms with Crippen LogP contribution in [0.15, 0.2) is 12.0 Å². The standard InChI is InChI=1S/C24H44N4O4S/c1-23(2,17-32-21-11-7-8-13-31-21)19(25)14-20(29)26-22(30)24(3,4)27(5)15-18-10-9-12-28(16-18)33-6/h14,18,21,25,29H,7-13,15-17H2,1-6H3,(H,26,30)/b20-14-,25-19?/t18-,21?/m1/s1. The van der Waals surface area contributed by atoms with Crippen LogP contribution in [0.5, 0.6) is 0 Å². The number of nitrogens with one attached hydrogen (secondary N) is 2. The minimum atomic E-state index is -0.803. The topological polar surface area (TPSA) is 98.1 Å². The van der Waals surface area contributed by atoms with Gasteiger partial charge >= 0.3 is 0 Å². The number of carbonyl (C=O) groups is 1. The van der Waals surface area contributed by atoms with Crippen LogP contribution >= 0.6 is 11.9 Å². The quantitative estimate of drug-likeness (QED) is 0.233. The Balaban J connectivity index is 1.88. The molecule has 2 aliphatic rings. The first-order valence-electron chi connectivity index (χ1n) is 12.0. The number of nitrogens with zero attached hydrogens (tertiary/aromatic N) is 2. The first-order valence-corrected chi connectivity index (χ1v) is 13.2. The molecule has 0 aliphatic carbocycles. The number of amides is 1. The molecule has 1 unspecified atom stereocenters. The van der Waals surface area contributed by atoms with Crippen LogP contribution in [-0.4, -0.2) is 83.9 Å². The first-order chi connectivity index (χ1) is 15.5. The Kier molecular flexibility index (Phi) is 10.7. The van der Waals surface area contributed by atoms with Crippen molar-refractivity contribution < 1.29 is 19.4 Å². The minimum absolute atomic E-state index is 0.182. The van der Waals surface area contributed by atoms with E-state index < -0.39 is 11.0 Å². The average Bonchev–Trinajstić information content (AvgIpc) is 2.78. The van der Waals surface area contributed by atoms with Crippen molar-refractivity contribution in [2.24, 2.45) is 11.3 Å². The summed E-state index contributed by atoms with van der Waals surface area (Å²) in [6.07, 6.45) is 8.50. The molecule has 2 saturated heterocycles. The van der Waals surface area contributed by atoms with Crippen molar-refractivity contribution in [2.45, 2.75) is 71.6 Å². The summed E-state index contributed by atoms with van der Waals surface area (Å²) in [7, 11) is 1.95. The fraction of sp³-hybridized carbons (Fsp3) is 0.833. The molecule has 2 rings (SSSR count). The Morgan fingerprint density at radius 2 is 2.03 bits per heavy atom.